The predicted molar refractivity (Wildman–Crippen MR) is 97.8 cm³/mol. The minimum Gasteiger partial charge on any atom is -0.494 e. The Morgan fingerprint density at radius 3 is 2.09 bits per heavy atom. The quantitative estimate of drug-likeness (QED) is 0.313. The van der Waals surface area contributed by atoms with E-state index in [9.17, 15) is 4.79 Å². The maximum Gasteiger partial charge on any atom is 0.305 e. The molecule has 0 aromatic heterocycles. The van der Waals surface area contributed by atoms with Gasteiger partial charge < -0.3 is 9.47 Å². The van der Waals surface area contributed by atoms with Crippen LogP contribution in [0.4, 0.5) is 0 Å². The van der Waals surface area contributed by atoms with Crippen LogP contribution in [0.5, 0.6) is 5.75 Å². The van der Waals surface area contributed by atoms with Crippen LogP contribution >= 0.6 is 15.9 Å². The Kier molecular flexibility index (Phi) is 11.7. The van der Waals surface area contributed by atoms with Crippen LogP contribution < -0.4 is 4.74 Å². The maximum atomic E-state index is 11.2. The molecule has 1 aromatic rings. The highest BCUT2D eigenvalue weighted by atomic mass is 79.9. The maximum absolute atomic E-state index is 11.2. The van der Waals surface area contributed by atoms with Gasteiger partial charge in [0.15, 0.2) is 0 Å². The van der Waals surface area contributed by atoms with Gasteiger partial charge in [0.05, 0.1) is 13.2 Å². The SMILES string of the molecule is CCOC(=O)CCCCCCCCCCOc1ccc(Br)cc1. The Balaban J connectivity index is 1.83. The number of carbonyl (C=O) groups excluding carboxylic acids is 1. The zero-order chi connectivity index (χ0) is 16.8. The van der Waals surface area contributed by atoms with Crippen LogP contribution in [0, 0.1) is 0 Å². The first-order chi connectivity index (χ1) is 11.2. The lowest BCUT2D eigenvalue weighted by Gasteiger charge is -2.06. The van der Waals surface area contributed by atoms with Gasteiger partial charge in [0, 0.05) is 10.9 Å². The van der Waals surface area contributed by atoms with E-state index >= 15 is 0 Å². The second-order valence-corrected chi connectivity index (χ2v) is 6.60. The Hall–Kier alpha value is -1.03. The van der Waals surface area contributed by atoms with Crippen LogP contribution in [0.1, 0.15) is 64.7 Å². The molecule has 130 valence electrons. The average Bonchev–Trinajstić information content (AvgIpc) is 2.54. The standard InChI is InChI=1S/C19H29BrO3/c1-2-22-19(21)11-9-7-5-3-4-6-8-10-16-23-18-14-12-17(20)13-15-18/h12-15H,2-11,16H2,1H3. The van der Waals surface area contributed by atoms with E-state index in [4.69, 9.17) is 9.47 Å². The third-order valence-corrected chi connectivity index (χ3v) is 4.19. The van der Waals surface area contributed by atoms with E-state index in [0.29, 0.717) is 13.0 Å². The monoisotopic (exact) mass is 384 g/mol. The van der Waals surface area contributed by atoms with Crippen molar-refractivity contribution < 1.29 is 14.3 Å². The number of esters is 1. The lowest BCUT2D eigenvalue weighted by atomic mass is 10.1. The van der Waals surface area contributed by atoms with Crippen molar-refractivity contribution in [2.24, 2.45) is 0 Å². The fourth-order valence-corrected chi connectivity index (χ4v) is 2.65. The van der Waals surface area contributed by atoms with E-state index in [2.05, 4.69) is 15.9 Å². The van der Waals surface area contributed by atoms with Gasteiger partial charge in [-0.15, -0.1) is 0 Å². The van der Waals surface area contributed by atoms with Crippen LogP contribution in [0.3, 0.4) is 0 Å². The molecule has 0 radical (unpaired) electrons. The van der Waals surface area contributed by atoms with E-state index < -0.39 is 0 Å². The van der Waals surface area contributed by atoms with Crippen molar-refractivity contribution in [1.29, 1.82) is 0 Å². The highest BCUT2D eigenvalue weighted by Gasteiger charge is 2.00. The first-order valence-electron chi connectivity index (χ1n) is 8.76. The molecular weight excluding hydrogens is 356 g/mol. The molecular formula is C19H29BrO3. The molecule has 0 unspecified atom stereocenters. The summed E-state index contributed by atoms with van der Waals surface area (Å²) in [6, 6.07) is 7.97. The van der Waals surface area contributed by atoms with E-state index in [0.717, 1.165) is 36.1 Å². The molecule has 0 spiro atoms. The number of hydrogen-bond acceptors (Lipinski definition) is 3. The van der Waals surface area contributed by atoms with Crippen molar-refractivity contribution in [2.45, 2.75) is 64.7 Å². The molecule has 0 aliphatic carbocycles. The summed E-state index contributed by atoms with van der Waals surface area (Å²) >= 11 is 3.41. The fourth-order valence-electron chi connectivity index (χ4n) is 2.39. The van der Waals surface area contributed by atoms with Gasteiger partial charge in [-0.1, -0.05) is 54.5 Å². The van der Waals surface area contributed by atoms with E-state index in [1.54, 1.807) is 0 Å². The van der Waals surface area contributed by atoms with Crippen molar-refractivity contribution >= 4 is 21.9 Å². The average molecular weight is 385 g/mol. The normalized spacial score (nSPS) is 10.5. The molecule has 0 N–H and O–H groups in total. The molecule has 0 aliphatic heterocycles. The van der Waals surface area contributed by atoms with Gasteiger partial charge in [-0.3, -0.25) is 4.79 Å². The van der Waals surface area contributed by atoms with Crippen LogP contribution in [-0.4, -0.2) is 19.2 Å². The zero-order valence-electron chi connectivity index (χ0n) is 14.2. The molecule has 4 heteroatoms. The van der Waals surface area contributed by atoms with Gasteiger partial charge in [-0.05, 0) is 44.0 Å². The number of halogens is 1. The summed E-state index contributed by atoms with van der Waals surface area (Å²) in [4.78, 5) is 11.2. The molecule has 0 fully saturated rings. The van der Waals surface area contributed by atoms with E-state index in [1.807, 2.05) is 31.2 Å². The Labute approximate surface area is 148 Å². The Morgan fingerprint density at radius 2 is 1.48 bits per heavy atom. The smallest absolute Gasteiger partial charge is 0.305 e. The van der Waals surface area contributed by atoms with Gasteiger partial charge >= 0.3 is 5.97 Å². The summed E-state index contributed by atoms with van der Waals surface area (Å²) in [5, 5.41) is 0. The second-order valence-electron chi connectivity index (χ2n) is 5.69. The highest BCUT2D eigenvalue weighted by molar-refractivity contribution is 9.10. The van der Waals surface area contributed by atoms with E-state index in [-0.39, 0.29) is 5.97 Å². The molecule has 0 amide bonds. The van der Waals surface area contributed by atoms with Crippen LogP contribution in [0.2, 0.25) is 0 Å². The molecule has 1 rings (SSSR count). The lowest BCUT2D eigenvalue weighted by molar-refractivity contribution is -0.143. The molecule has 0 saturated carbocycles. The van der Waals surface area contributed by atoms with Gasteiger partial charge in [0.25, 0.3) is 0 Å². The zero-order valence-corrected chi connectivity index (χ0v) is 15.8. The first-order valence-corrected chi connectivity index (χ1v) is 9.55. The summed E-state index contributed by atoms with van der Waals surface area (Å²) in [5.41, 5.74) is 0. The Bertz CT molecular complexity index is 417. The molecule has 0 heterocycles. The van der Waals surface area contributed by atoms with Crippen molar-refractivity contribution in [3.63, 3.8) is 0 Å². The van der Waals surface area contributed by atoms with Crippen molar-refractivity contribution in [1.82, 2.24) is 0 Å². The molecule has 3 nitrogen and oxygen atoms in total. The number of hydrogen-bond donors (Lipinski definition) is 0. The van der Waals surface area contributed by atoms with Crippen LogP contribution in [0.15, 0.2) is 28.7 Å². The predicted octanol–water partition coefficient (Wildman–Crippen LogP) is 5.90. The van der Waals surface area contributed by atoms with Crippen molar-refractivity contribution in [2.75, 3.05) is 13.2 Å². The lowest BCUT2D eigenvalue weighted by Crippen LogP contribution is -2.03. The number of benzene rings is 1. The number of carbonyl (C=O) groups is 1. The minimum absolute atomic E-state index is 0.0572. The fraction of sp³-hybridized carbons (Fsp3) is 0.632. The molecule has 0 atom stereocenters. The molecule has 0 aliphatic rings. The second kappa shape index (κ2) is 13.4. The third-order valence-electron chi connectivity index (χ3n) is 3.66. The van der Waals surface area contributed by atoms with Crippen molar-refractivity contribution in [3.05, 3.63) is 28.7 Å². The van der Waals surface area contributed by atoms with E-state index in [1.165, 1.54) is 32.1 Å². The molecule has 0 bridgehead atoms. The van der Waals surface area contributed by atoms with Crippen molar-refractivity contribution in [3.8, 4) is 5.75 Å². The summed E-state index contributed by atoms with van der Waals surface area (Å²) in [6.45, 7) is 3.13. The third kappa shape index (κ3) is 11.2. The van der Waals surface area contributed by atoms with Crippen LogP contribution in [-0.2, 0) is 9.53 Å². The largest absolute Gasteiger partial charge is 0.494 e. The molecule has 23 heavy (non-hydrogen) atoms. The highest BCUT2D eigenvalue weighted by Crippen LogP contribution is 2.16. The molecule has 0 saturated heterocycles. The summed E-state index contributed by atoms with van der Waals surface area (Å²) in [5.74, 6) is 0.882. The topological polar surface area (TPSA) is 35.5 Å². The number of ether oxygens (including phenoxy) is 2. The number of rotatable bonds is 13. The summed E-state index contributed by atoms with van der Waals surface area (Å²) in [7, 11) is 0. The van der Waals surface area contributed by atoms with Gasteiger partial charge in [0.1, 0.15) is 5.75 Å². The Morgan fingerprint density at radius 1 is 0.913 bits per heavy atom. The minimum atomic E-state index is -0.0572. The number of unbranched alkanes of at least 4 members (excludes halogenated alkanes) is 7. The van der Waals surface area contributed by atoms with Crippen LogP contribution in [0.25, 0.3) is 0 Å². The van der Waals surface area contributed by atoms with Gasteiger partial charge in [-0.25, -0.2) is 0 Å². The summed E-state index contributed by atoms with van der Waals surface area (Å²) in [6.07, 6.45) is 10.0. The first kappa shape index (κ1) is 20.0. The summed E-state index contributed by atoms with van der Waals surface area (Å²) < 4.78 is 11.7. The van der Waals surface area contributed by atoms with Gasteiger partial charge in [0.2, 0.25) is 0 Å². The van der Waals surface area contributed by atoms with Gasteiger partial charge in [-0.2, -0.15) is 0 Å². The molecule has 1 aromatic carbocycles.